The molecule has 0 aromatic heterocycles. The zero-order chi connectivity index (χ0) is 15.1. The third-order valence-electron chi connectivity index (χ3n) is 3.81. The Morgan fingerprint density at radius 2 is 1.67 bits per heavy atom. The lowest BCUT2D eigenvalue weighted by atomic mass is 9.99. The summed E-state index contributed by atoms with van der Waals surface area (Å²) >= 11 is 0. The lowest BCUT2D eigenvalue weighted by molar-refractivity contribution is 0.332. The van der Waals surface area contributed by atoms with E-state index in [-0.39, 0.29) is 0 Å². The minimum atomic E-state index is 0.613. The predicted octanol–water partition coefficient (Wildman–Crippen LogP) is 5.00. The van der Waals surface area contributed by atoms with Crippen LogP contribution in [0.1, 0.15) is 37.3 Å². The molecule has 0 amide bonds. The molecule has 2 rings (SSSR count). The minimum absolute atomic E-state index is 0.613. The van der Waals surface area contributed by atoms with Crippen molar-refractivity contribution >= 4 is 5.69 Å². The SMILES string of the molecule is CCC(C)c1ccc(OCCNc2ccc(C)cc2)cc1. The first-order valence-corrected chi connectivity index (χ1v) is 7.72. The van der Waals surface area contributed by atoms with Crippen LogP contribution in [0, 0.1) is 6.92 Å². The summed E-state index contributed by atoms with van der Waals surface area (Å²) in [6, 6.07) is 16.9. The number of aryl methyl sites for hydroxylation is 1. The largest absolute Gasteiger partial charge is 0.492 e. The fourth-order valence-electron chi connectivity index (χ4n) is 2.16. The molecule has 2 aromatic carbocycles. The maximum Gasteiger partial charge on any atom is 0.119 e. The van der Waals surface area contributed by atoms with Crippen molar-refractivity contribution in [1.82, 2.24) is 0 Å². The summed E-state index contributed by atoms with van der Waals surface area (Å²) in [6.45, 7) is 8.02. The Morgan fingerprint density at radius 1 is 1.00 bits per heavy atom. The van der Waals surface area contributed by atoms with Gasteiger partial charge in [-0.15, -0.1) is 0 Å². The Balaban J connectivity index is 1.74. The predicted molar refractivity (Wildman–Crippen MR) is 90.3 cm³/mol. The number of hydrogen-bond donors (Lipinski definition) is 1. The van der Waals surface area contributed by atoms with E-state index in [9.17, 15) is 0 Å². The monoisotopic (exact) mass is 283 g/mol. The van der Waals surface area contributed by atoms with Crippen molar-refractivity contribution in [3.8, 4) is 5.75 Å². The van der Waals surface area contributed by atoms with Crippen LogP contribution in [0.3, 0.4) is 0 Å². The first-order chi connectivity index (χ1) is 10.2. The molecule has 1 unspecified atom stereocenters. The summed E-state index contributed by atoms with van der Waals surface area (Å²) in [7, 11) is 0. The Kier molecular flexibility index (Phi) is 5.68. The van der Waals surface area contributed by atoms with Crippen molar-refractivity contribution in [3.05, 3.63) is 59.7 Å². The highest BCUT2D eigenvalue weighted by molar-refractivity contribution is 5.44. The second-order valence-electron chi connectivity index (χ2n) is 5.52. The van der Waals surface area contributed by atoms with Gasteiger partial charge in [0.05, 0.1) is 0 Å². The Hall–Kier alpha value is -1.96. The highest BCUT2D eigenvalue weighted by Crippen LogP contribution is 2.21. The minimum Gasteiger partial charge on any atom is -0.492 e. The van der Waals surface area contributed by atoms with Gasteiger partial charge in [0.25, 0.3) is 0 Å². The third-order valence-corrected chi connectivity index (χ3v) is 3.81. The lowest BCUT2D eigenvalue weighted by Gasteiger charge is -2.11. The van der Waals surface area contributed by atoms with Crippen LogP contribution in [0.5, 0.6) is 5.75 Å². The number of nitrogens with one attached hydrogen (secondary N) is 1. The number of rotatable bonds is 7. The molecule has 0 heterocycles. The maximum atomic E-state index is 5.76. The summed E-state index contributed by atoms with van der Waals surface area (Å²) < 4.78 is 5.76. The summed E-state index contributed by atoms with van der Waals surface area (Å²) in [5, 5.41) is 3.36. The lowest BCUT2D eigenvalue weighted by Crippen LogP contribution is -2.11. The van der Waals surface area contributed by atoms with Crippen molar-refractivity contribution in [2.75, 3.05) is 18.5 Å². The molecule has 21 heavy (non-hydrogen) atoms. The molecule has 0 aliphatic rings. The van der Waals surface area contributed by atoms with E-state index < -0.39 is 0 Å². The summed E-state index contributed by atoms with van der Waals surface area (Å²) in [5.41, 5.74) is 3.79. The van der Waals surface area contributed by atoms with Gasteiger partial charge in [0.1, 0.15) is 12.4 Å². The van der Waals surface area contributed by atoms with Crippen LogP contribution >= 0.6 is 0 Å². The summed E-state index contributed by atoms with van der Waals surface area (Å²) in [4.78, 5) is 0. The topological polar surface area (TPSA) is 21.3 Å². The molecule has 1 atom stereocenters. The van der Waals surface area contributed by atoms with Crippen molar-refractivity contribution in [1.29, 1.82) is 0 Å². The number of ether oxygens (including phenoxy) is 1. The average molecular weight is 283 g/mol. The number of hydrogen-bond acceptors (Lipinski definition) is 2. The quantitative estimate of drug-likeness (QED) is 0.722. The van der Waals surface area contributed by atoms with Crippen molar-refractivity contribution in [3.63, 3.8) is 0 Å². The molecule has 0 saturated carbocycles. The van der Waals surface area contributed by atoms with Gasteiger partial charge in [0, 0.05) is 12.2 Å². The van der Waals surface area contributed by atoms with Gasteiger partial charge in [0.15, 0.2) is 0 Å². The van der Waals surface area contributed by atoms with E-state index in [0.717, 1.165) is 18.0 Å². The van der Waals surface area contributed by atoms with Crippen molar-refractivity contribution < 1.29 is 4.74 Å². The molecule has 112 valence electrons. The van der Waals surface area contributed by atoms with Gasteiger partial charge in [-0.3, -0.25) is 0 Å². The first-order valence-electron chi connectivity index (χ1n) is 7.72. The second kappa shape index (κ2) is 7.72. The standard InChI is InChI=1S/C19H25NO/c1-4-16(3)17-7-11-19(12-8-17)21-14-13-20-18-9-5-15(2)6-10-18/h5-12,16,20H,4,13-14H2,1-3H3. The van der Waals surface area contributed by atoms with Crippen LogP contribution in [0.15, 0.2) is 48.5 Å². The van der Waals surface area contributed by atoms with Crippen LogP contribution in [-0.4, -0.2) is 13.2 Å². The van der Waals surface area contributed by atoms with Crippen LogP contribution in [0.4, 0.5) is 5.69 Å². The van der Waals surface area contributed by atoms with E-state index in [1.54, 1.807) is 0 Å². The van der Waals surface area contributed by atoms with Crippen LogP contribution in [-0.2, 0) is 0 Å². The van der Waals surface area contributed by atoms with E-state index in [1.165, 1.54) is 17.5 Å². The molecular formula is C19H25NO. The van der Waals surface area contributed by atoms with E-state index in [2.05, 4.69) is 74.6 Å². The van der Waals surface area contributed by atoms with Crippen LogP contribution < -0.4 is 10.1 Å². The molecule has 0 radical (unpaired) electrons. The van der Waals surface area contributed by atoms with E-state index in [4.69, 9.17) is 4.74 Å². The fraction of sp³-hybridized carbons (Fsp3) is 0.368. The molecule has 0 aliphatic heterocycles. The Labute approximate surface area is 128 Å². The van der Waals surface area contributed by atoms with E-state index in [0.29, 0.717) is 12.5 Å². The zero-order valence-corrected chi connectivity index (χ0v) is 13.2. The van der Waals surface area contributed by atoms with Crippen molar-refractivity contribution in [2.24, 2.45) is 0 Å². The van der Waals surface area contributed by atoms with Crippen LogP contribution in [0.25, 0.3) is 0 Å². The normalized spacial score (nSPS) is 12.0. The molecule has 1 N–H and O–H groups in total. The van der Waals surface area contributed by atoms with Gasteiger partial charge in [-0.1, -0.05) is 43.7 Å². The van der Waals surface area contributed by atoms with Gasteiger partial charge in [0.2, 0.25) is 0 Å². The van der Waals surface area contributed by atoms with Gasteiger partial charge >= 0.3 is 0 Å². The molecule has 2 nitrogen and oxygen atoms in total. The molecule has 0 saturated heterocycles. The average Bonchev–Trinajstić information content (AvgIpc) is 2.53. The van der Waals surface area contributed by atoms with Gasteiger partial charge in [-0.25, -0.2) is 0 Å². The molecule has 0 spiro atoms. The van der Waals surface area contributed by atoms with Gasteiger partial charge < -0.3 is 10.1 Å². The highest BCUT2D eigenvalue weighted by Gasteiger charge is 2.02. The molecule has 0 aliphatic carbocycles. The Morgan fingerprint density at radius 3 is 2.29 bits per heavy atom. The fourth-order valence-corrected chi connectivity index (χ4v) is 2.16. The maximum absolute atomic E-state index is 5.76. The van der Waals surface area contributed by atoms with Gasteiger partial charge in [-0.2, -0.15) is 0 Å². The third kappa shape index (κ3) is 4.82. The summed E-state index contributed by atoms with van der Waals surface area (Å²) in [6.07, 6.45) is 1.17. The molecular weight excluding hydrogens is 258 g/mol. The molecule has 2 aromatic rings. The summed E-state index contributed by atoms with van der Waals surface area (Å²) in [5.74, 6) is 1.55. The van der Waals surface area contributed by atoms with Crippen molar-refractivity contribution in [2.45, 2.75) is 33.1 Å². The van der Waals surface area contributed by atoms with Gasteiger partial charge in [-0.05, 0) is 49.1 Å². The second-order valence-corrected chi connectivity index (χ2v) is 5.52. The van der Waals surface area contributed by atoms with E-state index >= 15 is 0 Å². The smallest absolute Gasteiger partial charge is 0.119 e. The highest BCUT2D eigenvalue weighted by atomic mass is 16.5. The number of anilines is 1. The molecule has 0 fully saturated rings. The Bertz CT molecular complexity index is 530. The molecule has 0 bridgehead atoms. The molecule has 2 heteroatoms. The first kappa shape index (κ1) is 15.4. The van der Waals surface area contributed by atoms with E-state index in [1.807, 2.05) is 0 Å². The van der Waals surface area contributed by atoms with Crippen LogP contribution in [0.2, 0.25) is 0 Å². The zero-order valence-electron chi connectivity index (χ0n) is 13.2. The number of benzene rings is 2.